The highest BCUT2D eigenvalue weighted by Gasteiger charge is 2.37. The first-order valence-corrected chi connectivity index (χ1v) is 9.10. The lowest BCUT2D eigenvalue weighted by atomic mass is 10.1. The summed E-state index contributed by atoms with van der Waals surface area (Å²) in [5.74, 6) is -0.888. The average molecular weight is 429 g/mol. The number of benzene rings is 2. The van der Waals surface area contributed by atoms with Gasteiger partial charge in [-0.05, 0) is 55.8 Å². The van der Waals surface area contributed by atoms with Crippen LogP contribution in [-0.2, 0) is 9.59 Å². The molecule has 2 aromatic carbocycles. The number of carbonyl (C=O) groups excluding carboxylic acids is 3. The zero-order chi connectivity index (χ0) is 19.6. The summed E-state index contributed by atoms with van der Waals surface area (Å²) in [5, 5.41) is 2.22. The van der Waals surface area contributed by atoms with Gasteiger partial charge in [-0.25, -0.2) is 9.69 Å². The van der Waals surface area contributed by atoms with E-state index in [4.69, 9.17) is 4.74 Å². The smallest absolute Gasteiger partial charge is 0.335 e. The maximum absolute atomic E-state index is 12.9. The summed E-state index contributed by atoms with van der Waals surface area (Å²) < 4.78 is 6.33. The third kappa shape index (κ3) is 3.93. The van der Waals surface area contributed by atoms with Gasteiger partial charge in [0.25, 0.3) is 11.8 Å². The number of ether oxygens (including phenoxy) is 1. The van der Waals surface area contributed by atoms with Crippen molar-refractivity contribution in [1.82, 2.24) is 5.32 Å². The number of urea groups is 1. The fourth-order valence-corrected chi connectivity index (χ4v) is 3.11. The molecule has 0 spiro atoms. The molecule has 4 amide bonds. The van der Waals surface area contributed by atoms with Crippen LogP contribution >= 0.6 is 15.9 Å². The van der Waals surface area contributed by atoms with Gasteiger partial charge in [0.1, 0.15) is 11.3 Å². The Labute approximate surface area is 164 Å². The molecule has 0 atom stereocenters. The number of anilines is 1. The van der Waals surface area contributed by atoms with E-state index < -0.39 is 17.8 Å². The number of amides is 4. The molecule has 7 heteroatoms. The first kappa shape index (κ1) is 18.8. The molecule has 27 heavy (non-hydrogen) atoms. The van der Waals surface area contributed by atoms with E-state index in [-0.39, 0.29) is 5.57 Å². The molecule has 0 saturated carbocycles. The summed E-state index contributed by atoms with van der Waals surface area (Å²) in [6.07, 6.45) is 1.43. The van der Waals surface area contributed by atoms with Crippen LogP contribution in [-0.4, -0.2) is 24.5 Å². The molecular formula is C20H17BrN2O4. The van der Waals surface area contributed by atoms with E-state index in [1.54, 1.807) is 36.4 Å². The zero-order valence-corrected chi connectivity index (χ0v) is 16.4. The Hall–Kier alpha value is -2.93. The molecule has 1 saturated heterocycles. The van der Waals surface area contributed by atoms with Crippen molar-refractivity contribution in [3.8, 4) is 5.75 Å². The predicted molar refractivity (Wildman–Crippen MR) is 105 cm³/mol. The molecule has 138 valence electrons. The Kier molecular flexibility index (Phi) is 5.41. The van der Waals surface area contributed by atoms with Gasteiger partial charge in [-0.3, -0.25) is 14.9 Å². The minimum Gasteiger partial charge on any atom is -0.493 e. The van der Waals surface area contributed by atoms with Crippen molar-refractivity contribution in [3.05, 3.63) is 63.6 Å². The second-order valence-corrected chi connectivity index (χ2v) is 6.83. The number of halogens is 1. The molecular weight excluding hydrogens is 412 g/mol. The number of aryl methyl sites for hydroxylation is 1. The third-order valence-electron chi connectivity index (χ3n) is 3.93. The third-order valence-corrected chi connectivity index (χ3v) is 4.43. The van der Waals surface area contributed by atoms with E-state index in [2.05, 4.69) is 21.2 Å². The molecule has 0 unspecified atom stereocenters. The molecule has 1 aliphatic heterocycles. The van der Waals surface area contributed by atoms with E-state index in [1.807, 2.05) is 19.9 Å². The standard InChI is InChI=1S/C20H17BrN2O4/c1-3-27-17-8-7-14(21)10-13(17)11-16-18(24)22-20(26)23(19(16)25)15-6-4-5-12(2)9-15/h4-11H,3H2,1-2H3,(H,22,24,26). The lowest BCUT2D eigenvalue weighted by Crippen LogP contribution is -2.54. The quantitative estimate of drug-likeness (QED) is 0.592. The van der Waals surface area contributed by atoms with Crippen LogP contribution in [0.3, 0.4) is 0 Å². The van der Waals surface area contributed by atoms with E-state index in [1.165, 1.54) is 6.08 Å². The van der Waals surface area contributed by atoms with E-state index in [0.717, 1.165) is 14.9 Å². The summed E-state index contributed by atoms with van der Waals surface area (Å²) in [6, 6.07) is 11.5. The van der Waals surface area contributed by atoms with Crippen molar-refractivity contribution >= 4 is 45.5 Å². The van der Waals surface area contributed by atoms with Gasteiger partial charge in [0.2, 0.25) is 0 Å². The normalized spacial score (nSPS) is 15.9. The lowest BCUT2D eigenvalue weighted by molar-refractivity contribution is -0.122. The summed E-state index contributed by atoms with van der Waals surface area (Å²) in [6.45, 7) is 4.13. The van der Waals surface area contributed by atoms with Gasteiger partial charge in [-0.2, -0.15) is 0 Å². The second kappa shape index (κ2) is 7.75. The number of rotatable bonds is 4. The molecule has 1 N–H and O–H groups in total. The molecule has 0 aromatic heterocycles. The van der Waals surface area contributed by atoms with Crippen LogP contribution in [0.5, 0.6) is 5.75 Å². The number of imide groups is 2. The highest BCUT2D eigenvalue weighted by molar-refractivity contribution is 9.10. The van der Waals surface area contributed by atoms with Gasteiger partial charge in [0.15, 0.2) is 0 Å². The Balaban J connectivity index is 2.06. The van der Waals surface area contributed by atoms with Gasteiger partial charge in [-0.15, -0.1) is 0 Å². The van der Waals surface area contributed by atoms with Crippen molar-refractivity contribution in [3.63, 3.8) is 0 Å². The maximum Gasteiger partial charge on any atom is 0.335 e. The molecule has 1 aliphatic rings. The number of barbiturate groups is 1. The number of hydrogen-bond donors (Lipinski definition) is 1. The SMILES string of the molecule is CCOc1ccc(Br)cc1C=C1C(=O)NC(=O)N(c2cccc(C)c2)C1=O. The Morgan fingerprint density at radius 1 is 1.15 bits per heavy atom. The van der Waals surface area contributed by atoms with E-state index >= 15 is 0 Å². The van der Waals surface area contributed by atoms with Crippen LogP contribution in [0.25, 0.3) is 6.08 Å². The van der Waals surface area contributed by atoms with Crippen molar-refractivity contribution in [1.29, 1.82) is 0 Å². The predicted octanol–water partition coefficient (Wildman–Crippen LogP) is 3.82. The van der Waals surface area contributed by atoms with Gasteiger partial charge < -0.3 is 4.74 Å². The van der Waals surface area contributed by atoms with Crippen molar-refractivity contribution in [2.75, 3.05) is 11.5 Å². The van der Waals surface area contributed by atoms with Gasteiger partial charge in [0.05, 0.1) is 12.3 Å². The van der Waals surface area contributed by atoms with E-state index in [0.29, 0.717) is 23.6 Å². The fourth-order valence-electron chi connectivity index (χ4n) is 2.73. The zero-order valence-electron chi connectivity index (χ0n) is 14.8. The van der Waals surface area contributed by atoms with Gasteiger partial charge in [-0.1, -0.05) is 28.1 Å². The van der Waals surface area contributed by atoms with E-state index in [9.17, 15) is 14.4 Å². The van der Waals surface area contributed by atoms with Gasteiger partial charge in [0, 0.05) is 10.0 Å². The Morgan fingerprint density at radius 3 is 2.63 bits per heavy atom. The Morgan fingerprint density at radius 2 is 1.93 bits per heavy atom. The molecule has 1 fully saturated rings. The van der Waals surface area contributed by atoms with Crippen molar-refractivity contribution in [2.45, 2.75) is 13.8 Å². The van der Waals surface area contributed by atoms with Crippen LogP contribution in [0.4, 0.5) is 10.5 Å². The van der Waals surface area contributed by atoms with Crippen LogP contribution in [0, 0.1) is 6.92 Å². The highest BCUT2D eigenvalue weighted by Crippen LogP contribution is 2.28. The molecule has 1 heterocycles. The molecule has 0 aliphatic carbocycles. The van der Waals surface area contributed by atoms with Crippen LogP contribution in [0.1, 0.15) is 18.1 Å². The summed E-state index contributed by atoms with van der Waals surface area (Å²) in [4.78, 5) is 38.5. The number of hydrogen-bond acceptors (Lipinski definition) is 4. The molecule has 2 aromatic rings. The van der Waals surface area contributed by atoms with Crippen molar-refractivity contribution in [2.24, 2.45) is 0 Å². The topological polar surface area (TPSA) is 75.7 Å². The second-order valence-electron chi connectivity index (χ2n) is 5.91. The molecule has 3 rings (SSSR count). The number of nitrogens with zero attached hydrogens (tertiary/aromatic N) is 1. The highest BCUT2D eigenvalue weighted by atomic mass is 79.9. The van der Waals surface area contributed by atoms with Gasteiger partial charge >= 0.3 is 6.03 Å². The molecule has 0 radical (unpaired) electrons. The summed E-state index contributed by atoms with van der Waals surface area (Å²) in [7, 11) is 0. The minimum atomic E-state index is -0.771. The largest absolute Gasteiger partial charge is 0.493 e. The van der Waals surface area contributed by atoms with Crippen LogP contribution in [0.15, 0.2) is 52.5 Å². The fraction of sp³-hybridized carbons (Fsp3) is 0.150. The molecule has 6 nitrogen and oxygen atoms in total. The number of nitrogens with one attached hydrogen (secondary N) is 1. The summed E-state index contributed by atoms with van der Waals surface area (Å²) in [5.41, 5.74) is 1.70. The minimum absolute atomic E-state index is 0.143. The number of carbonyl (C=O) groups is 3. The summed E-state index contributed by atoms with van der Waals surface area (Å²) >= 11 is 3.37. The van der Waals surface area contributed by atoms with Crippen LogP contribution < -0.4 is 15.0 Å². The monoisotopic (exact) mass is 428 g/mol. The maximum atomic E-state index is 12.9. The Bertz CT molecular complexity index is 968. The van der Waals surface area contributed by atoms with Crippen molar-refractivity contribution < 1.29 is 19.1 Å². The first-order valence-electron chi connectivity index (χ1n) is 8.31. The first-order chi connectivity index (χ1) is 12.9. The van der Waals surface area contributed by atoms with Crippen LogP contribution in [0.2, 0.25) is 0 Å². The molecule has 0 bridgehead atoms. The lowest BCUT2D eigenvalue weighted by Gasteiger charge is -2.26. The average Bonchev–Trinajstić information content (AvgIpc) is 2.61.